The summed E-state index contributed by atoms with van der Waals surface area (Å²) in [6.07, 6.45) is 97.3. The first-order valence-corrected chi connectivity index (χ1v) is 41.0. The molecule has 1 amide bonds. The van der Waals surface area contributed by atoms with Crippen molar-refractivity contribution in [3.63, 3.8) is 0 Å². The highest BCUT2D eigenvalue weighted by Crippen LogP contribution is 2.43. The number of nitrogens with zero attached hydrogens (tertiary/aromatic N) is 1. The highest BCUT2D eigenvalue weighted by Gasteiger charge is 2.28. The highest BCUT2D eigenvalue weighted by atomic mass is 31.2. The number of amides is 1. The Hall–Kier alpha value is -1.54. The molecule has 0 radical (unpaired) electrons. The highest BCUT2D eigenvalue weighted by molar-refractivity contribution is 7.47. The van der Waals surface area contributed by atoms with E-state index in [0.717, 1.165) is 44.9 Å². The van der Waals surface area contributed by atoms with Crippen molar-refractivity contribution >= 4 is 13.7 Å². The number of hydrogen-bond donors (Lipinski definition) is 3. The van der Waals surface area contributed by atoms with Crippen molar-refractivity contribution in [2.75, 3.05) is 40.9 Å². The van der Waals surface area contributed by atoms with Gasteiger partial charge in [-0.2, -0.15) is 0 Å². The van der Waals surface area contributed by atoms with Crippen molar-refractivity contribution in [1.29, 1.82) is 0 Å². The molecule has 0 bridgehead atoms. The van der Waals surface area contributed by atoms with E-state index in [4.69, 9.17) is 9.05 Å². The van der Waals surface area contributed by atoms with Crippen LogP contribution in [0, 0.1) is 0 Å². The number of nitrogens with one attached hydrogen (secondary N) is 1. The Balaban J connectivity index is 3.97. The van der Waals surface area contributed by atoms with E-state index in [-0.39, 0.29) is 19.1 Å². The van der Waals surface area contributed by atoms with Crippen LogP contribution >= 0.6 is 7.82 Å². The van der Waals surface area contributed by atoms with Gasteiger partial charge in [0.15, 0.2) is 0 Å². The summed E-state index contributed by atoms with van der Waals surface area (Å²) in [6, 6.07) is -0.848. The van der Waals surface area contributed by atoms with Crippen molar-refractivity contribution in [2.24, 2.45) is 0 Å². The molecule has 3 unspecified atom stereocenters. The number of quaternary nitrogens is 1. The molecule has 0 fully saturated rings. The molecule has 3 N–H and O–H groups in total. The van der Waals surface area contributed by atoms with Gasteiger partial charge in [-0.25, -0.2) is 4.57 Å². The van der Waals surface area contributed by atoms with Gasteiger partial charge in [0, 0.05) is 6.42 Å². The number of carbonyl (C=O) groups excluding carboxylic acids is 1. The molecule has 0 rings (SSSR count). The lowest BCUT2D eigenvalue weighted by Crippen LogP contribution is -2.45. The summed E-state index contributed by atoms with van der Waals surface area (Å²) in [5.41, 5.74) is 0. The Kier molecular flexibility index (Phi) is 69.5. The minimum absolute atomic E-state index is 0.0631. The fraction of sp³-hybridized carbons (Fsp3) is 0.887. The van der Waals surface area contributed by atoms with E-state index in [1.807, 2.05) is 27.2 Å². The van der Waals surface area contributed by atoms with Crippen LogP contribution in [0.1, 0.15) is 406 Å². The first-order chi connectivity index (χ1) is 43.5. The Bertz CT molecular complexity index is 1590. The first-order valence-electron chi connectivity index (χ1n) is 39.5. The second-order valence-electron chi connectivity index (χ2n) is 28.4. The molecule has 3 atom stereocenters. The molecule has 0 aliphatic carbocycles. The molecular weight excluding hydrogens is 1120 g/mol. The molecule has 0 aromatic heterocycles. The molecule has 526 valence electrons. The van der Waals surface area contributed by atoms with Crippen LogP contribution in [-0.2, 0) is 18.4 Å². The fourth-order valence-corrected chi connectivity index (χ4v) is 12.9. The van der Waals surface area contributed by atoms with Gasteiger partial charge in [-0.05, 0) is 57.8 Å². The summed E-state index contributed by atoms with van der Waals surface area (Å²) >= 11 is 0. The summed E-state index contributed by atoms with van der Waals surface area (Å²) in [5.74, 6) is -0.169. The van der Waals surface area contributed by atoms with Gasteiger partial charge in [-0.15, -0.1) is 0 Å². The maximum atomic E-state index is 13.1. The van der Waals surface area contributed by atoms with E-state index in [2.05, 4.69) is 55.6 Å². The molecule has 0 saturated carbocycles. The van der Waals surface area contributed by atoms with Crippen molar-refractivity contribution in [3.05, 3.63) is 48.6 Å². The van der Waals surface area contributed by atoms with Crippen LogP contribution < -0.4 is 5.32 Å². The van der Waals surface area contributed by atoms with E-state index in [9.17, 15) is 19.4 Å². The number of unbranched alkanes of at least 4 members (excludes halogenated alkanes) is 55. The Morgan fingerprint density at radius 1 is 0.382 bits per heavy atom. The second-order valence-corrected chi connectivity index (χ2v) is 29.9. The number of hydrogen-bond acceptors (Lipinski definition) is 5. The number of aliphatic hydroxyl groups excluding tert-OH is 1. The zero-order valence-electron chi connectivity index (χ0n) is 60.5. The average Bonchev–Trinajstić information content (AvgIpc) is 3.64. The molecule has 0 aromatic carbocycles. The van der Waals surface area contributed by atoms with Crippen molar-refractivity contribution in [1.82, 2.24) is 5.32 Å². The van der Waals surface area contributed by atoms with Gasteiger partial charge in [0.2, 0.25) is 5.91 Å². The summed E-state index contributed by atoms with van der Waals surface area (Å²) in [5, 5.41) is 14.1. The molecule has 0 aliphatic heterocycles. The molecule has 89 heavy (non-hydrogen) atoms. The fourth-order valence-electron chi connectivity index (χ4n) is 12.2. The zero-order valence-corrected chi connectivity index (χ0v) is 61.3. The van der Waals surface area contributed by atoms with Crippen molar-refractivity contribution in [2.45, 2.75) is 418 Å². The lowest BCUT2D eigenvalue weighted by Gasteiger charge is -2.25. The number of phosphoric acid groups is 1. The summed E-state index contributed by atoms with van der Waals surface area (Å²) < 4.78 is 23.9. The van der Waals surface area contributed by atoms with Crippen LogP contribution in [0.4, 0.5) is 0 Å². The van der Waals surface area contributed by atoms with Crippen molar-refractivity contribution in [3.8, 4) is 0 Å². The first kappa shape index (κ1) is 87.5. The summed E-state index contributed by atoms with van der Waals surface area (Å²) in [7, 11) is 1.59. The number of aliphatic hydroxyl groups is 1. The number of likely N-dealkylation sites (N-methyl/N-ethyl adjacent to an activating group) is 1. The number of carbonyl (C=O) groups is 1. The third-order valence-corrected chi connectivity index (χ3v) is 19.3. The Labute approximate surface area is 556 Å². The standard InChI is InChI=1S/C80H155N2O6P/c1-6-8-10-12-14-16-18-20-22-24-26-28-30-32-34-36-38-40-41-42-44-46-48-50-52-54-56-58-60-62-64-66-68-70-72-74-80(84)81-78(77-88-89(85,86)87-76-75-82(3,4)5)79(83)73-71-69-67-65-63-61-59-57-55-53-51-49-47-45-43-39-37-35-33-31-29-27-25-23-21-19-17-15-13-11-9-7-2/h18,20,24,26,30,32,71,73,78-79,83H,6-17,19,21-23,25,27-29,31,33-70,72,74-77H2,1-5H3,(H-,81,84,85,86)/p+1/b20-18-,26-24-,32-30-,73-71+. The molecule has 0 saturated heterocycles. The van der Waals surface area contributed by atoms with Gasteiger partial charge < -0.3 is 19.8 Å². The van der Waals surface area contributed by atoms with Crippen LogP contribution in [0.25, 0.3) is 0 Å². The third kappa shape index (κ3) is 73.7. The van der Waals surface area contributed by atoms with Gasteiger partial charge in [-0.3, -0.25) is 13.8 Å². The van der Waals surface area contributed by atoms with Crippen LogP contribution in [0.5, 0.6) is 0 Å². The van der Waals surface area contributed by atoms with Gasteiger partial charge >= 0.3 is 7.82 Å². The molecule has 0 aromatic rings. The average molecular weight is 1270 g/mol. The van der Waals surface area contributed by atoms with Crippen LogP contribution in [0.15, 0.2) is 48.6 Å². The largest absolute Gasteiger partial charge is 0.472 e. The van der Waals surface area contributed by atoms with Crippen LogP contribution in [-0.4, -0.2) is 73.4 Å². The monoisotopic (exact) mass is 1270 g/mol. The number of phosphoric ester groups is 1. The lowest BCUT2D eigenvalue weighted by atomic mass is 10.0. The Morgan fingerprint density at radius 2 is 0.640 bits per heavy atom. The van der Waals surface area contributed by atoms with Gasteiger partial charge in [0.25, 0.3) is 0 Å². The van der Waals surface area contributed by atoms with Crippen LogP contribution in [0.2, 0.25) is 0 Å². The zero-order chi connectivity index (χ0) is 64.8. The normalized spacial score (nSPS) is 13.7. The van der Waals surface area contributed by atoms with E-state index < -0.39 is 20.0 Å². The van der Waals surface area contributed by atoms with Gasteiger partial charge in [-0.1, -0.05) is 390 Å². The molecule has 0 heterocycles. The molecule has 0 aliphatic rings. The predicted octanol–water partition coefficient (Wildman–Crippen LogP) is 25.7. The number of allylic oxidation sites excluding steroid dienone is 7. The minimum atomic E-state index is -4.36. The SMILES string of the molecule is CCCCCCC/C=C\C/C=C\C/C=C\CCCCCCCCCCCCCCCCCCCCCCC(=O)NC(COP(=O)(O)OCC[N+](C)(C)C)C(O)/C=C/CCCCCCCCCCCCCCCCCCCCCCCCCCCCCCCC. The lowest BCUT2D eigenvalue weighted by molar-refractivity contribution is -0.870. The van der Waals surface area contributed by atoms with Gasteiger partial charge in [0.05, 0.1) is 39.9 Å². The predicted molar refractivity (Wildman–Crippen MR) is 392 cm³/mol. The Morgan fingerprint density at radius 3 is 0.933 bits per heavy atom. The van der Waals surface area contributed by atoms with Crippen LogP contribution in [0.3, 0.4) is 0 Å². The molecule has 8 nitrogen and oxygen atoms in total. The van der Waals surface area contributed by atoms with E-state index in [1.165, 1.54) is 340 Å². The quantitative estimate of drug-likeness (QED) is 0.0243. The second kappa shape index (κ2) is 70.8. The summed E-state index contributed by atoms with van der Waals surface area (Å²) in [4.78, 5) is 23.5. The molecule has 9 heteroatoms. The smallest absolute Gasteiger partial charge is 0.387 e. The topological polar surface area (TPSA) is 105 Å². The maximum Gasteiger partial charge on any atom is 0.472 e. The van der Waals surface area contributed by atoms with E-state index in [0.29, 0.717) is 17.4 Å². The maximum absolute atomic E-state index is 13.1. The molecular formula is C80H156N2O6P+. The van der Waals surface area contributed by atoms with Crippen molar-refractivity contribution < 1.29 is 32.9 Å². The minimum Gasteiger partial charge on any atom is -0.387 e. The molecule has 0 spiro atoms. The third-order valence-electron chi connectivity index (χ3n) is 18.3. The summed E-state index contributed by atoms with van der Waals surface area (Å²) in [6.45, 7) is 4.87. The van der Waals surface area contributed by atoms with E-state index >= 15 is 0 Å². The van der Waals surface area contributed by atoms with E-state index in [1.54, 1.807) is 6.08 Å². The number of rotatable bonds is 74. The van der Waals surface area contributed by atoms with Gasteiger partial charge in [0.1, 0.15) is 13.2 Å².